The first-order valence-corrected chi connectivity index (χ1v) is 8.63. The van der Waals surface area contributed by atoms with Crippen LogP contribution in [-0.2, 0) is 30.3 Å². The van der Waals surface area contributed by atoms with Gasteiger partial charge in [-0.05, 0) is 29.7 Å². The smallest absolute Gasteiger partial charge is 0.307 e. The number of hydrogen-bond acceptors (Lipinski definition) is 5. The number of carbonyl (C=O) groups excluding carboxylic acids is 2. The van der Waals surface area contributed by atoms with Gasteiger partial charge < -0.3 is 14.9 Å². The van der Waals surface area contributed by atoms with Crippen molar-refractivity contribution >= 4 is 29.4 Å². The van der Waals surface area contributed by atoms with Crippen molar-refractivity contribution < 1.29 is 34.1 Å². The zero-order valence-corrected chi connectivity index (χ0v) is 14.2. The Morgan fingerprint density at radius 3 is 2.30 bits per heavy atom. The van der Waals surface area contributed by atoms with Crippen LogP contribution in [0.25, 0.3) is 0 Å². The molecule has 2 N–H and O–H groups in total. The fraction of sp³-hybridized carbons (Fsp3) is 0.368. The average Bonchev–Trinajstić information content (AvgIpc) is 3.25. The van der Waals surface area contributed by atoms with Gasteiger partial charge in [0.05, 0.1) is 36.2 Å². The molecule has 0 aromatic heterocycles. The fourth-order valence-electron chi connectivity index (χ4n) is 4.15. The molecular weight excluding hydrogens is 354 g/mol. The van der Waals surface area contributed by atoms with Crippen LogP contribution in [0.4, 0.5) is 5.69 Å². The molecular formula is C19H17NO7. The van der Waals surface area contributed by atoms with E-state index in [0.717, 1.165) is 10.5 Å². The number of anilines is 1. The zero-order valence-electron chi connectivity index (χ0n) is 14.2. The lowest BCUT2D eigenvalue weighted by Gasteiger charge is -2.19. The molecule has 1 aromatic rings. The van der Waals surface area contributed by atoms with Crippen molar-refractivity contribution in [1.29, 1.82) is 0 Å². The van der Waals surface area contributed by atoms with Crippen LogP contribution >= 0.6 is 0 Å². The summed E-state index contributed by atoms with van der Waals surface area (Å²) >= 11 is 0. The Balaban J connectivity index is 1.55. The van der Waals surface area contributed by atoms with E-state index in [1.807, 2.05) is 0 Å². The molecule has 27 heavy (non-hydrogen) atoms. The van der Waals surface area contributed by atoms with Crippen LogP contribution in [0.5, 0.6) is 0 Å². The minimum absolute atomic E-state index is 0.0489. The van der Waals surface area contributed by atoms with E-state index in [4.69, 9.17) is 14.9 Å². The summed E-state index contributed by atoms with van der Waals surface area (Å²) in [6.45, 7) is 0. The van der Waals surface area contributed by atoms with Gasteiger partial charge in [0, 0.05) is 6.42 Å². The first-order valence-electron chi connectivity index (χ1n) is 8.63. The number of carbonyl (C=O) groups is 4. The Kier molecular flexibility index (Phi) is 4.07. The van der Waals surface area contributed by atoms with E-state index < -0.39 is 36.0 Å². The Bertz CT molecular complexity index is 873. The second-order valence-corrected chi connectivity index (χ2v) is 6.96. The lowest BCUT2D eigenvalue weighted by molar-refractivity contribution is -0.137. The number of hydrogen-bond donors (Lipinski definition) is 2. The second kappa shape index (κ2) is 6.31. The number of imide groups is 1. The Hall–Kier alpha value is -3.00. The average molecular weight is 371 g/mol. The minimum Gasteiger partial charge on any atom is -0.481 e. The van der Waals surface area contributed by atoms with E-state index >= 15 is 0 Å². The third-order valence-corrected chi connectivity index (χ3v) is 5.30. The number of nitrogens with zero attached hydrogens (tertiary/aromatic N) is 1. The van der Waals surface area contributed by atoms with Gasteiger partial charge in [0.1, 0.15) is 0 Å². The molecule has 0 aliphatic carbocycles. The molecule has 3 aliphatic heterocycles. The zero-order chi connectivity index (χ0) is 19.3. The highest BCUT2D eigenvalue weighted by atomic mass is 16.5. The minimum atomic E-state index is -0.959. The van der Waals surface area contributed by atoms with Crippen molar-refractivity contribution in [1.82, 2.24) is 0 Å². The maximum absolute atomic E-state index is 12.9. The topological polar surface area (TPSA) is 121 Å². The number of ether oxygens (including phenoxy) is 1. The summed E-state index contributed by atoms with van der Waals surface area (Å²) < 4.78 is 5.75. The van der Waals surface area contributed by atoms with Gasteiger partial charge in [0.2, 0.25) is 11.8 Å². The molecule has 140 valence electrons. The van der Waals surface area contributed by atoms with Gasteiger partial charge in [-0.3, -0.25) is 19.2 Å². The molecule has 1 aromatic carbocycles. The summed E-state index contributed by atoms with van der Waals surface area (Å²) in [4.78, 5) is 48.5. The van der Waals surface area contributed by atoms with E-state index in [1.54, 1.807) is 30.3 Å². The number of aliphatic carboxylic acids is 2. The highest BCUT2D eigenvalue weighted by Gasteiger charge is 2.62. The maximum atomic E-state index is 12.9. The molecule has 3 aliphatic rings. The summed E-state index contributed by atoms with van der Waals surface area (Å²) in [5, 5.41) is 17.7. The van der Waals surface area contributed by atoms with Crippen LogP contribution in [0.15, 0.2) is 35.9 Å². The van der Waals surface area contributed by atoms with Crippen LogP contribution in [-0.4, -0.2) is 46.2 Å². The van der Waals surface area contributed by atoms with Gasteiger partial charge in [0.25, 0.3) is 0 Å². The Labute approximate surface area is 154 Å². The van der Waals surface area contributed by atoms with Gasteiger partial charge in [-0.25, -0.2) is 4.90 Å². The summed E-state index contributed by atoms with van der Waals surface area (Å²) in [7, 11) is 0. The molecule has 3 heterocycles. The SMILES string of the molecule is O=C(O)CCC1=C[C@@H]2O[C@H]1[C@@H]1C(=O)N(c3ccc(CC(=O)O)cc3)C(=O)[C@@H]12. The molecule has 2 amide bonds. The van der Waals surface area contributed by atoms with Gasteiger partial charge in [-0.15, -0.1) is 0 Å². The molecule has 0 spiro atoms. The molecule has 2 bridgehead atoms. The first-order chi connectivity index (χ1) is 12.9. The standard InChI is InChI=1S/C19H17NO7/c21-13(22)6-3-10-8-12-15-16(17(10)27-12)19(26)20(18(15)25)11-4-1-9(2-5-11)7-14(23)24/h1-2,4-5,8,12,15-17H,3,6-7H2,(H,21,22)(H,23,24)/t12-,15+,16+,17+/m0/s1. The highest BCUT2D eigenvalue weighted by molar-refractivity contribution is 6.23. The number of amides is 2. The van der Waals surface area contributed by atoms with E-state index in [1.165, 1.54) is 0 Å². The summed E-state index contributed by atoms with van der Waals surface area (Å²) in [5.74, 6) is -3.79. The molecule has 4 rings (SSSR count). The summed E-state index contributed by atoms with van der Waals surface area (Å²) in [6.07, 6.45) is 0.836. The quantitative estimate of drug-likeness (QED) is 0.565. The van der Waals surface area contributed by atoms with E-state index in [9.17, 15) is 19.2 Å². The molecule has 0 radical (unpaired) electrons. The molecule has 8 nitrogen and oxygen atoms in total. The second-order valence-electron chi connectivity index (χ2n) is 6.96. The monoisotopic (exact) mass is 371 g/mol. The van der Waals surface area contributed by atoms with Gasteiger partial charge >= 0.3 is 11.9 Å². The fourth-order valence-corrected chi connectivity index (χ4v) is 4.15. The Morgan fingerprint density at radius 2 is 1.67 bits per heavy atom. The molecule has 0 saturated carbocycles. The number of fused-ring (bicyclic) bond motifs is 5. The van der Waals surface area contributed by atoms with Gasteiger partial charge in [0.15, 0.2) is 0 Å². The van der Waals surface area contributed by atoms with Gasteiger partial charge in [-0.1, -0.05) is 18.2 Å². The lowest BCUT2D eigenvalue weighted by atomic mass is 9.80. The van der Waals surface area contributed by atoms with Crippen molar-refractivity contribution in [3.05, 3.63) is 41.5 Å². The largest absolute Gasteiger partial charge is 0.481 e. The molecule has 2 saturated heterocycles. The summed E-state index contributed by atoms with van der Waals surface area (Å²) in [6, 6.07) is 6.30. The highest BCUT2D eigenvalue weighted by Crippen LogP contribution is 2.49. The van der Waals surface area contributed by atoms with Crippen molar-refractivity contribution in [2.24, 2.45) is 11.8 Å². The van der Waals surface area contributed by atoms with Gasteiger partial charge in [-0.2, -0.15) is 0 Å². The molecule has 0 unspecified atom stereocenters. The van der Waals surface area contributed by atoms with E-state index in [-0.39, 0.29) is 24.7 Å². The summed E-state index contributed by atoms with van der Waals surface area (Å²) in [5.41, 5.74) is 1.75. The number of benzene rings is 1. The van der Waals surface area contributed by atoms with Crippen molar-refractivity contribution in [3.63, 3.8) is 0 Å². The number of carboxylic acids is 2. The van der Waals surface area contributed by atoms with Crippen LogP contribution < -0.4 is 4.90 Å². The van der Waals surface area contributed by atoms with Crippen LogP contribution in [0, 0.1) is 11.8 Å². The Morgan fingerprint density at radius 1 is 1.00 bits per heavy atom. The lowest BCUT2D eigenvalue weighted by Crippen LogP contribution is -2.34. The predicted octanol–water partition coefficient (Wildman–Crippen LogP) is 0.991. The predicted molar refractivity (Wildman–Crippen MR) is 90.9 cm³/mol. The first kappa shape index (κ1) is 17.4. The van der Waals surface area contributed by atoms with Crippen LogP contribution in [0.3, 0.4) is 0 Å². The molecule has 8 heteroatoms. The van der Waals surface area contributed by atoms with Crippen LogP contribution in [0.2, 0.25) is 0 Å². The third-order valence-electron chi connectivity index (χ3n) is 5.30. The number of rotatable bonds is 6. The number of carboxylic acid groups (broad SMARTS) is 2. The van der Waals surface area contributed by atoms with Crippen LogP contribution in [0.1, 0.15) is 18.4 Å². The van der Waals surface area contributed by atoms with E-state index in [2.05, 4.69) is 0 Å². The van der Waals surface area contributed by atoms with E-state index in [0.29, 0.717) is 17.7 Å². The van der Waals surface area contributed by atoms with Crippen molar-refractivity contribution in [2.45, 2.75) is 31.5 Å². The van der Waals surface area contributed by atoms with Crippen molar-refractivity contribution in [3.8, 4) is 0 Å². The molecule has 2 fully saturated rings. The molecule has 4 atom stereocenters. The van der Waals surface area contributed by atoms with Crippen molar-refractivity contribution in [2.75, 3.05) is 4.90 Å². The normalized spacial score (nSPS) is 28.4. The maximum Gasteiger partial charge on any atom is 0.307 e. The third kappa shape index (κ3) is 2.82.